The standard InChI is InChI=1S/C4H9NOS/c5-7(6)4-2-1-3-4/h4H,1-3,5H2/t7-/m1/s1. The number of hydrogen-bond donors (Lipinski definition) is 1. The molecule has 42 valence electrons. The first-order valence-corrected chi connectivity index (χ1v) is 3.73. The van der Waals surface area contributed by atoms with Crippen molar-refractivity contribution in [2.75, 3.05) is 0 Å². The summed E-state index contributed by atoms with van der Waals surface area (Å²) in [5.41, 5.74) is 0. The van der Waals surface area contributed by atoms with Crippen LogP contribution in [0.15, 0.2) is 0 Å². The predicted octanol–water partition coefficient (Wildman–Crippen LogP) is 0.161. The fraction of sp³-hybridized carbons (Fsp3) is 1.00. The Balaban J connectivity index is 2.27. The van der Waals surface area contributed by atoms with Gasteiger partial charge in [0.1, 0.15) is 0 Å². The Morgan fingerprint density at radius 1 is 1.57 bits per heavy atom. The first-order valence-electron chi connectivity index (χ1n) is 2.45. The Morgan fingerprint density at radius 3 is 2.14 bits per heavy atom. The monoisotopic (exact) mass is 119 g/mol. The third-order valence-electron chi connectivity index (χ3n) is 1.38. The maximum absolute atomic E-state index is 10.3. The summed E-state index contributed by atoms with van der Waals surface area (Å²) in [6.45, 7) is 0. The van der Waals surface area contributed by atoms with E-state index < -0.39 is 11.0 Å². The van der Waals surface area contributed by atoms with Crippen LogP contribution >= 0.6 is 0 Å². The van der Waals surface area contributed by atoms with Crippen LogP contribution < -0.4 is 5.14 Å². The van der Waals surface area contributed by atoms with Crippen LogP contribution in [0.3, 0.4) is 0 Å². The van der Waals surface area contributed by atoms with Gasteiger partial charge in [-0.3, -0.25) is 5.14 Å². The van der Waals surface area contributed by atoms with Crippen molar-refractivity contribution < 1.29 is 4.21 Å². The van der Waals surface area contributed by atoms with Crippen LogP contribution in [-0.4, -0.2) is 9.46 Å². The zero-order chi connectivity index (χ0) is 5.28. The zero-order valence-corrected chi connectivity index (χ0v) is 4.91. The van der Waals surface area contributed by atoms with Crippen molar-refractivity contribution in [1.29, 1.82) is 0 Å². The topological polar surface area (TPSA) is 43.1 Å². The lowest BCUT2D eigenvalue weighted by molar-refractivity contribution is 0.505. The molecule has 0 heterocycles. The summed E-state index contributed by atoms with van der Waals surface area (Å²) < 4.78 is 10.3. The van der Waals surface area contributed by atoms with Crippen molar-refractivity contribution in [3.8, 4) is 0 Å². The molecule has 0 aromatic rings. The second-order valence-corrected chi connectivity index (χ2v) is 3.21. The molecule has 1 fully saturated rings. The summed E-state index contributed by atoms with van der Waals surface area (Å²) >= 11 is 0. The van der Waals surface area contributed by atoms with E-state index >= 15 is 0 Å². The molecule has 0 amide bonds. The molecule has 0 aliphatic heterocycles. The highest BCUT2D eigenvalue weighted by Crippen LogP contribution is 2.21. The Labute approximate surface area is 45.7 Å². The van der Waals surface area contributed by atoms with Gasteiger partial charge in [0.2, 0.25) is 0 Å². The summed E-state index contributed by atoms with van der Waals surface area (Å²) in [6, 6.07) is 0. The molecule has 0 unspecified atom stereocenters. The van der Waals surface area contributed by atoms with Gasteiger partial charge < -0.3 is 0 Å². The normalized spacial score (nSPS) is 26.4. The van der Waals surface area contributed by atoms with E-state index in [1.54, 1.807) is 0 Å². The van der Waals surface area contributed by atoms with Gasteiger partial charge in [0, 0.05) is 5.25 Å². The molecule has 1 aliphatic rings. The Kier molecular flexibility index (Phi) is 1.44. The molecule has 2 N–H and O–H groups in total. The van der Waals surface area contributed by atoms with Gasteiger partial charge in [0.05, 0.1) is 11.0 Å². The van der Waals surface area contributed by atoms with Crippen molar-refractivity contribution in [1.82, 2.24) is 0 Å². The Morgan fingerprint density at radius 2 is 2.14 bits per heavy atom. The molecule has 0 saturated heterocycles. The molecule has 7 heavy (non-hydrogen) atoms. The van der Waals surface area contributed by atoms with E-state index in [1.165, 1.54) is 6.42 Å². The van der Waals surface area contributed by atoms with Gasteiger partial charge in [-0.15, -0.1) is 0 Å². The average molecular weight is 119 g/mol. The Bertz CT molecular complexity index is 89.7. The van der Waals surface area contributed by atoms with E-state index in [-0.39, 0.29) is 0 Å². The summed E-state index contributed by atoms with van der Waals surface area (Å²) in [4.78, 5) is 0. The molecular formula is C4H9NOS. The molecule has 3 heteroatoms. The predicted molar refractivity (Wildman–Crippen MR) is 30.0 cm³/mol. The molecule has 0 bridgehead atoms. The van der Waals surface area contributed by atoms with Gasteiger partial charge in [0.15, 0.2) is 0 Å². The van der Waals surface area contributed by atoms with Gasteiger partial charge >= 0.3 is 0 Å². The van der Waals surface area contributed by atoms with Crippen LogP contribution in [0.2, 0.25) is 0 Å². The molecule has 1 rings (SSSR count). The average Bonchev–Trinajstić information content (AvgIpc) is 1.23. The van der Waals surface area contributed by atoms with Crippen LogP contribution in [0, 0.1) is 0 Å². The van der Waals surface area contributed by atoms with E-state index in [0.717, 1.165) is 12.8 Å². The third kappa shape index (κ3) is 1.01. The van der Waals surface area contributed by atoms with E-state index in [4.69, 9.17) is 5.14 Å². The van der Waals surface area contributed by atoms with E-state index in [1.807, 2.05) is 0 Å². The van der Waals surface area contributed by atoms with Gasteiger partial charge in [0.25, 0.3) is 0 Å². The molecule has 1 saturated carbocycles. The lowest BCUT2D eigenvalue weighted by atomic mass is 10.0. The van der Waals surface area contributed by atoms with E-state index in [9.17, 15) is 4.21 Å². The van der Waals surface area contributed by atoms with Gasteiger partial charge in [-0.05, 0) is 12.8 Å². The van der Waals surface area contributed by atoms with Crippen LogP contribution in [0.5, 0.6) is 0 Å². The third-order valence-corrected chi connectivity index (χ3v) is 2.51. The van der Waals surface area contributed by atoms with Gasteiger partial charge in [-0.1, -0.05) is 6.42 Å². The Hall–Kier alpha value is 0.110. The van der Waals surface area contributed by atoms with E-state index in [0.29, 0.717) is 5.25 Å². The van der Waals surface area contributed by atoms with Crippen molar-refractivity contribution in [3.63, 3.8) is 0 Å². The second kappa shape index (κ2) is 1.92. The first kappa shape index (κ1) is 5.25. The summed E-state index contributed by atoms with van der Waals surface area (Å²) in [5.74, 6) is 0. The molecule has 1 aliphatic carbocycles. The fourth-order valence-corrected chi connectivity index (χ4v) is 1.40. The number of rotatable bonds is 1. The molecular weight excluding hydrogens is 110 g/mol. The minimum Gasteiger partial charge on any atom is -0.252 e. The SMILES string of the molecule is N[S@](=O)C1CCC1. The lowest BCUT2D eigenvalue weighted by Crippen LogP contribution is -2.28. The second-order valence-electron chi connectivity index (χ2n) is 1.88. The summed E-state index contributed by atoms with van der Waals surface area (Å²) in [5, 5.41) is 5.40. The smallest absolute Gasteiger partial charge is 0.0919 e. The molecule has 0 spiro atoms. The van der Waals surface area contributed by atoms with Crippen molar-refractivity contribution in [2.24, 2.45) is 5.14 Å². The van der Waals surface area contributed by atoms with Crippen molar-refractivity contribution >= 4 is 11.0 Å². The lowest BCUT2D eigenvalue weighted by Gasteiger charge is -2.21. The van der Waals surface area contributed by atoms with Crippen LogP contribution in [0.4, 0.5) is 0 Å². The highest BCUT2D eigenvalue weighted by molar-refractivity contribution is 7.83. The number of hydrogen-bond acceptors (Lipinski definition) is 1. The minimum absolute atomic E-state index is 0.333. The fourth-order valence-electron chi connectivity index (χ4n) is 0.603. The van der Waals surface area contributed by atoms with Crippen molar-refractivity contribution in [3.05, 3.63) is 0 Å². The zero-order valence-electron chi connectivity index (χ0n) is 4.09. The molecule has 1 atom stereocenters. The first-order chi connectivity index (χ1) is 3.30. The van der Waals surface area contributed by atoms with Gasteiger partial charge in [-0.25, -0.2) is 4.21 Å². The van der Waals surface area contributed by atoms with Crippen LogP contribution in [0.1, 0.15) is 19.3 Å². The largest absolute Gasteiger partial charge is 0.252 e. The maximum Gasteiger partial charge on any atom is 0.0919 e. The molecule has 0 aromatic carbocycles. The molecule has 0 radical (unpaired) electrons. The van der Waals surface area contributed by atoms with Gasteiger partial charge in [-0.2, -0.15) is 0 Å². The molecule has 0 aromatic heterocycles. The highest BCUT2D eigenvalue weighted by Gasteiger charge is 2.20. The maximum atomic E-state index is 10.3. The summed E-state index contributed by atoms with van der Waals surface area (Å²) in [7, 11) is -1.02. The van der Waals surface area contributed by atoms with Crippen LogP contribution in [0.25, 0.3) is 0 Å². The highest BCUT2D eigenvalue weighted by atomic mass is 32.2. The summed E-state index contributed by atoms with van der Waals surface area (Å²) in [6.07, 6.45) is 3.36. The number of nitrogens with two attached hydrogens (primary N) is 1. The van der Waals surface area contributed by atoms with Crippen molar-refractivity contribution in [2.45, 2.75) is 24.5 Å². The van der Waals surface area contributed by atoms with E-state index in [2.05, 4.69) is 0 Å². The quantitative estimate of drug-likeness (QED) is 0.525. The van der Waals surface area contributed by atoms with Crippen LogP contribution in [-0.2, 0) is 11.0 Å². The minimum atomic E-state index is -1.02. The molecule has 2 nitrogen and oxygen atoms in total.